The molecule has 0 bridgehead atoms. The molecule has 0 atom stereocenters. The van der Waals surface area contributed by atoms with Crippen molar-refractivity contribution in [3.8, 4) is 0 Å². The van der Waals surface area contributed by atoms with E-state index in [2.05, 4.69) is 47.3 Å². The minimum Gasteiger partial charge on any atom is -0.382 e. The minimum atomic E-state index is 0.651. The van der Waals surface area contributed by atoms with E-state index >= 15 is 0 Å². The largest absolute Gasteiger partial charge is 0.382 e. The van der Waals surface area contributed by atoms with Gasteiger partial charge in [-0.3, -0.25) is 0 Å². The van der Waals surface area contributed by atoms with Gasteiger partial charge in [0.25, 0.3) is 0 Å². The molecule has 4 nitrogen and oxygen atoms in total. The van der Waals surface area contributed by atoms with Crippen LogP contribution in [0, 0.1) is 0 Å². The SMILES string of the molecule is CCCNCc1cccc2ccn(CCOCCOC)c12. The Morgan fingerprint density at radius 1 is 1.14 bits per heavy atom. The van der Waals surface area contributed by atoms with Crippen molar-refractivity contribution in [2.45, 2.75) is 26.4 Å². The third-order valence-corrected chi connectivity index (χ3v) is 3.52. The molecule has 0 amide bonds. The number of benzene rings is 1. The molecule has 0 aliphatic carbocycles. The third kappa shape index (κ3) is 4.56. The van der Waals surface area contributed by atoms with Crippen LogP contribution in [0.4, 0.5) is 0 Å². The molecule has 4 heteroatoms. The van der Waals surface area contributed by atoms with Crippen molar-refractivity contribution in [3.05, 3.63) is 36.0 Å². The van der Waals surface area contributed by atoms with E-state index in [9.17, 15) is 0 Å². The minimum absolute atomic E-state index is 0.651. The molecule has 2 rings (SSSR count). The van der Waals surface area contributed by atoms with E-state index in [4.69, 9.17) is 9.47 Å². The van der Waals surface area contributed by atoms with Gasteiger partial charge in [-0.25, -0.2) is 0 Å². The normalized spacial score (nSPS) is 11.3. The molecule has 21 heavy (non-hydrogen) atoms. The molecule has 0 fully saturated rings. The number of para-hydroxylation sites is 1. The van der Waals surface area contributed by atoms with Crippen molar-refractivity contribution in [1.82, 2.24) is 9.88 Å². The highest BCUT2D eigenvalue weighted by atomic mass is 16.5. The molecule has 0 saturated heterocycles. The molecular formula is C17H26N2O2. The van der Waals surface area contributed by atoms with Gasteiger partial charge in [-0.15, -0.1) is 0 Å². The Hall–Kier alpha value is -1.36. The summed E-state index contributed by atoms with van der Waals surface area (Å²) in [5.74, 6) is 0. The Kier molecular flexibility index (Phi) is 6.73. The fourth-order valence-corrected chi connectivity index (χ4v) is 2.48. The standard InChI is InChI=1S/C17H26N2O2/c1-3-8-18-14-16-6-4-5-15-7-9-19(17(15)16)10-11-21-13-12-20-2/h4-7,9,18H,3,8,10-14H2,1-2H3. The molecule has 0 aliphatic heterocycles. The summed E-state index contributed by atoms with van der Waals surface area (Å²) in [6.07, 6.45) is 3.30. The van der Waals surface area contributed by atoms with Crippen LogP contribution in [-0.2, 0) is 22.6 Å². The molecule has 0 aliphatic rings. The molecule has 1 heterocycles. The lowest BCUT2D eigenvalue weighted by atomic mass is 10.1. The maximum absolute atomic E-state index is 5.57. The average Bonchev–Trinajstić information content (AvgIpc) is 2.91. The monoisotopic (exact) mass is 290 g/mol. The number of nitrogens with one attached hydrogen (secondary N) is 1. The predicted octanol–water partition coefficient (Wildman–Crippen LogP) is 2.80. The highest BCUT2D eigenvalue weighted by molar-refractivity contribution is 5.83. The van der Waals surface area contributed by atoms with Crippen LogP contribution in [0.15, 0.2) is 30.5 Å². The first-order valence-corrected chi connectivity index (χ1v) is 7.71. The molecule has 0 saturated carbocycles. The van der Waals surface area contributed by atoms with Gasteiger partial charge in [-0.05, 0) is 30.0 Å². The smallest absolute Gasteiger partial charge is 0.0701 e. The highest BCUT2D eigenvalue weighted by Gasteiger charge is 2.06. The van der Waals surface area contributed by atoms with Crippen LogP contribution in [0.25, 0.3) is 10.9 Å². The second-order valence-electron chi connectivity index (χ2n) is 5.15. The van der Waals surface area contributed by atoms with Gasteiger partial charge in [0.05, 0.1) is 25.3 Å². The van der Waals surface area contributed by atoms with Crippen LogP contribution < -0.4 is 5.32 Å². The number of fused-ring (bicyclic) bond motifs is 1. The quantitative estimate of drug-likeness (QED) is 0.683. The van der Waals surface area contributed by atoms with Crippen LogP contribution in [0.5, 0.6) is 0 Å². The summed E-state index contributed by atoms with van der Waals surface area (Å²) in [4.78, 5) is 0. The molecule has 0 radical (unpaired) electrons. The maximum Gasteiger partial charge on any atom is 0.0701 e. The second-order valence-corrected chi connectivity index (χ2v) is 5.15. The van der Waals surface area contributed by atoms with Crippen LogP contribution in [0.1, 0.15) is 18.9 Å². The molecule has 1 aromatic carbocycles. The van der Waals surface area contributed by atoms with Gasteiger partial charge in [0.2, 0.25) is 0 Å². The second kappa shape index (κ2) is 8.82. The lowest BCUT2D eigenvalue weighted by Gasteiger charge is -2.11. The zero-order valence-electron chi connectivity index (χ0n) is 13.1. The maximum atomic E-state index is 5.57. The van der Waals surface area contributed by atoms with Crippen molar-refractivity contribution in [2.24, 2.45) is 0 Å². The summed E-state index contributed by atoms with van der Waals surface area (Å²) < 4.78 is 12.8. The Labute approximate surface area is 127 Å². The number of nitrogens with zero attached hydrogens (tertiary/aromatic N) is 1. The summed E-state index contributed by atoms with van der Waals surface area (Å²) >= 11 is 0. The van der Waals surface area contributed by atoms with Crippen molar-refractivity contribution in [1.29, 1.82) is 0 Å². The van der Waals surface area contributed by atoms with Crippen molar-refractivity contribution < 1.29 is 9.47 Å². The first kappa shape index (κ1) is 16.0. The molecule has 116 valence electrons. The summed E-state index contributed by atoms with van der Waals surface area (Å²) in [6.45, 7) is 7.05. The zero-order valence-corrected chi connectivity index (χ0v) is 13.1. The van der Waals surface area contributed by atoms with E-state index in [1.807, 2.05) is 0 Å². The van der Waals surface area contributed by atoms with Crippen LogP contribution in [0.2, 0.25) is 0 Å². The van der Waals surface area contributed by atoms with Gasteiger partial charge >= 0.3 is 0 Å². The van der Waals surface area contributed by atoms with Gasteiger partial charge in [-0.2, -0.15) is 0 Å². The van der Waals surface area contributed by atoms with Crippen molar-refractivity contribution in [2.75, 3.05) is 33.5 Å². The van der Waals surface area contributed by atoms with Crippen LogP contribution >= 0.6 is 0 Å². The average molecular weight is 290 g/mol. The molecule has 1 aromatic heterocycles. The van der Waals surface area contributed by atoms with E-state index in [-0.39, 0.29) is 0 Å². The van der Waals surface area contributed by atoms with Gasteiger partial charge in [0.1, 0.15) is 0 Å². The first-order valence-electron chi connectivity index (χ1n) is 7.71. The van der Waals surface area contributed by atoms with E-state index in [0.29, 0.717) is 19.8 Å². The fourth-order valence-electron chi connectivity index (χ4n) is 2.48. The number of methoxy groups -OCH3 is 1. The highest BCUT2D eigenvalue weighted by Crippen LogP contribution is 2.20. The molecule has 2 aromatic rings. The van der Waals surface area contributed by atoms with Gasteiger partial charge in [0, 0.05) is 26.4 Å². The fraction of sp³-hybridized carbons (Fsp3) is 0.529. The van der Waals surface area contributed by atoms with Gasteiger partial charge < -0.3 is 19.4 Å². The number of hydrogen-bond acceptors (Lipinski definition) is 3. The number of hydrogen-bond donors (Lipinski definition) is 1. The number of rotatable bonds is 10. The van der Waals surface area contributed by atoms with Gasteiger partial charge in [0.15, 0.2) is 0 Å². The first-order chi connectivity index (χ1) is 10.4. The lowest BCUT2D eigenvalue weighted by Crippen LogP contribution is -2.15. The van der Waals surface area contributed by atoms with E-state index in [1.54, 1.807) is 7.11 Å². The zero-order chi connectivity index (χ0) is 14.9. The van der Waals surface area contributed by atoms with Gasteiger partial charge in [-0.1, -0.05) is 25.1 Å². The lowest BCUT2D eigenvalue weighted by molar-refractivity contribution is 0.0670. The predicted molar refractivity (Wildman–Crippen MR) is 86.6 cm³/mol. The van der Waals surface area contributed by atoms with Crippen molar-refractivity contribution >= 4 is 10.9 Å². The van der Waals surface area contributed by atoms with Crippen LogP contribution in [0.3, 0.4) is 0 Å². The Morgan fingerprint density at radius 3 is 2.86 bits per heavy atom. The molecule has 0 unspecified atom stereocenters. The third-order valence-electron chi connectivity index (χ3n) is 3.52. The van der Waals surface area contributed by atoms with Crippen molar-refractivity contribution in [3.63, 3.8) is 0 Å². The summed E-state index contributed by atoms with van der Waals surface area (Å²) in [7, 11) is 1.69. The topological polar surface area (TPSA) is 35.4 Å². The molecule has 0 spiro atoms. The summed E-state index contributed by atoms with van der Waals surface area (Å²) in [5, 5.41) is 4.78. The number of ether oxygens (including phenoxy) is 2. The summed E-state index contributed by atoms with van der Waals surface area (Å²) in [5.41, 5.74) is 2.67. The van der Waals surface area contributed by atoms with Crippen LogP contribution in [-0.4, -0.2) is 38.0 Å². The summed E-state index contributed by atoms with van der Waals surface area (Å²) in [6, 6.07) is 8.67. The Balaban J connectivity index is 2.01. The molecular weight excluding hydrogens is 264 g/mol. The Bertz CT molecular complexity index is 537. The van der Waals surface area contributed by atoms with E-state index in [1.165, 1.54) is 16.5 Å². The Morgan fingerprint density at radius 2 is 2.05 bits per heavy atom. The van der Waals surface area contributed by atoms with E-state index < -0.39 is 0 Å². The molecule has 1 N–H and O–H groups in total. The van der Waals surface area contributed by atoms with E-state index in [0.717, 1.165) is 26.1 Å². The number of aromatic nitrogens is 1.